The number of sulfonamides is 1. The van der Waals surface area contributed by atoms with E-state index in [0.29, 0.717) is 45.7 Å². The summed E-state index contributed by atoms with van der Waals surface area (Å²) in [5.74, 6) is 1.59. The third kappa shape index (κ3) is 4.60. The van der Waals surface area contributed by atoms with E-state index in [0.717, 1.165) is 29.2 Å². The van der Waals surface area contributed by atoms with Crippen LogP contribution in [-0.4, -0.2) is 70.5 Å². The van der Waals surface area contributed by atoms with Gasteiger partial charge in [0.15, 0.2) is 0 Å². The Bertz CT molecular complexity index is 1060. The maximum absolute atomic E-state index is 13.1. The molecule has 1 amide bonds. The molecule has 2 aliphatic rings. The molecule has 0 aromatic heterocycles. The van der Waals surface area contributed by atoms with Crippen molar-refractivity contribution >= 4 is 21.6 Å². The van der Waals surface area contributed by atoms with Crippen molar-refractivity contribution in [2.24, 2.45) is 0 Å². The Morgan fingerprint density at radius 3 is 2.22 bits per heavy atom. The van der Waals surface area contributed by atoms with E-state index in [1.54, 1.807) is 43.4 Å². The van der Waals surface area contributed by atoms with Crippen LogP contribution in [0.5, 0.6) is 11.5 Å². The van der Waals surface area contributed by atoms with Crippen molar-refractivity contribution in [1.82, 2.24) is 9.21 Å². The molecular weight excluding hydrogens is 430 g/mol. The second kappa shape index (κ2) is 9.48. The Morgan fingerprint density at radius 2 is 1.62 bits per heavy atom. The Hall–Kier alpha value is -2.62. The summed E-state index contributed by atoms with van der Waals surface area (Å²) in [6, 6.07) is 12.4. The first-order valence-electron chi connectivity index (χ1n) is 10.8. The van der Waals surface area contributed by atoms with Gasteiger partial charge in [-0.1, -0.05) is 6.07 Å². The third-order valence-electron chi connectivity index (χ3n) is 6.08. The number of nitrogens with zero attached hydrogens (tertiary/aromatic N) is 3. The van der Waals surface area contributed by atoms with Gasteiger partial charge in [0.25, 0.3) is 0 Å². The smallest absolute Gasteiger partial charge is 0.243 e. The van der Waals surface area contributed by atoms with E-state index in [-0.39, 0.29) is 10.8 Å². The molecule has 2 aliphatic heterocycles. The number of anilines is 1. The number of amides is 1. The summed E-state index contributed by atoms with van der Waals surface area (Å²) in [5.41, 5.74) is 1.79. The van der Waals surface area contributed by atoms with Gasteiger partial charge in [0.1, 0.15) is 11.5 Å². The fourth-order valence-corrected chi connectivity index (χ4v) is 5.64. The second-order valence-corrected chi connectivity index (χ2v) is 9.94. The number of carbonyl (C=O) groups excluding carboxylic acids is 1. The minimum absolute atomic E-state index is 0.0882. The molecule has 0 radical (unpaired) electrons. The number of carbonyl (C=O) groups is 1. The summed E-state index contributed by atoms with van der Waals surface area (Å²) in [6.45, 7) is 3.48. The highest BCUT2D eigenvalue weighted by Gasteiger charge is 2.29. The standard InChI is InChI=1S/C23H29N3O5S/c1-30-20-8-5-18(22(16-20)31-2)17-24-12-14-25(15-13-24)32(28,29)21-9-6-19(7-10-21)26-11-3-4-23(26)27/h5-10,16H,3-4,11-15,17H2,1-2H3. The molecule has 0 saturated carbocycles. The first kappa shape index (κ1) is 22.6. The van der Waals surface area contributed by atoms with Crippen LogP contribution in [0.15, 0.2) is 47.4 Å². The molecule has 0 N–H and O–H groups in total. The lowest BCUT2D eigenvalue weighted by atomic mass is 10.1. The molecule has 2 heterocycles. The largest absolute Gasteiger partial charge is 0.497 e. The van der Waals surface area contributed by atoms with Crippen LogP contribution >= 0.6 is 0 Å². The summed E-state index contributed by atoms with van der Waals surface area (Å²) >= 11 is 0. The van der Waals surface area contributed by atoms with Crippen LogP contribution in [0.4, 0.5) is 5.69 Å². The minimum Gasteiger partial charge on any atom is -0.497 e. The Labute approximate surface area is 189 Å². The van der Waals surface area contributed by atoms with Crippen molar-refractivity contribution in [3.05, 3.63) is 48.0 Å². The summed E-state index contributed by atoms with van der Waals surface area (Å²) in [4.78, 5) is 16.1. The quantitative estimate of drug-likeness (QED) is 0.632. The van der Waals surface area contributed by atoms with Gasteiger partial charge in [-0.05, 0) is 36.8 Å². The molecule has 0 spiro atoms. The van der Waals surface area contributed by atoms with E-state index in [9.17, 15) is 13.2 Å². The number of benzene rings is 2. The number of piperazine rings is 1. The number of ether oxygens (including phenoxy) is 2. The molecule has 0 bridgehead atoms. The van der Waals surface area contributed by atoms with Crippen LogP contribution < -0.4 is 14.4 Å². The van der Waals surface area contributed by atoms with Gasteiger partial charge in [-0.25, -0.2) is 8.42 Å². The summed E-state index contributed by atoms with van der Waals surface area (Å²) in [5, 5.41) is 0. The predicted molar refractivity (Wildman–Crippen MR) is 122 cm³/mol. The van der Waals surface area contributed by atoms with Gasteiger partial charge in [0.05, 0.1) is 19.1 Å². The minimum atomic E-state index is -3.57. The lowest BCUT2D eigenvalue weighted by Crippen LogP contribution is -2.48. The van der Waals surface area contributed by atoms with E-state index < -0.39 is 10.0 Å². The molecule has 2 saturated heterocycles. The maximum Gasteiger partial charge on any atom is 0.243 e. The van der Waals surface area contributed by atoms with Crippen LogP contribution in [0, 0.1) is 0 Å². The molecular formula is C23H29N3O5S. The average molecular weight is 460 g/mol. The number of methoxy groups -OCH3 is 2. The van der Waals surface area contributed by atoms with Gasteiger partial charge in [-0.3, -0.25) is 9.69 Å². The van der Waals surface area contributed by atoms with Crippen molar-refractivity contribution in [3.8, 4) is 11.5 Å². The van der Waals surface area contributed by atoms with Crippen LogP contribution in [0.1, 0.15) is 18.4 Å². The molecule has 2 aromatic rings. The Kier molecular flexibility index (Phi) is 6.68. The summed E-state index contributed by atoms with van der Waals surface area (Å²) in [7, 11) is -0.321. The number of hydrogen-bond donors (Lipinski definition) is 0. The van der Waals surface area contributed by atoms with Gasteiger partial charge in [-0.15, -0.1) is 0 Å². The van der Waals surface area contributed by atoms with E-state index >= 15 is 0 Å². The van der Waals surface area contributed by atoms with Gasteiger partial charge in [-0.2, -0.15) is 4.31 Å². The second-order valence-electron chi connectivity index (χ2n) is 8.00. The molecule has 0 aliphatic carbocycles. The normalized spacial score (nSPS) is 18.2. The fraction of sp³-hybridized carbons (Fsp3) is 0.435. The number of rotatable bonds is 7. The third-order valence-corrected chi connectivity index (χ3v) is 7.99. The topological polar surface area (TPSA) is 79.4 Å². The molecule has 2 fully saturated rings. The van der Waals surface area contributed by atoms with E-state index in [1.807, 2.05) is 18.2 Å². The zero-order valence-electron chi connectivity index (χ0n) is 18.5. The highest BCUT2D eigenvalue weighted by atomic mass is 32.2. The zero-order valence-corrected chi connectivity index (χ0v) is 19.3. The first-order chi connectivity index (χ1) is 15.4. The molecule has 4 rings (SSSR count). The van der Waals surface area contributed by atoms with Crippen molar-refractivity contribution in [1.29, 1.82) is 0 Å². The highest BCUT2D eigenvalue weighted by Crippen LogP contribution is 2.27. The van der Waals surface area contributed by atoms with Gasteiger partial charge in [0, 0.05) is 63.0 Å². The monoisotopic (exact) mass is 459 g/mol. The van der Waals surface area contributed by atoms with E-state index in [2.05, 4.69) is 4.90 Å². The summed E-state index contributed by atoms with van der Waals surface area (Å²) < 4.78 is 38.5. The van der Waals surface area contributed by atoms with Crippen LogP contribution in [0.25, 0.3) is 0 Å². The van der Waals surface area contributed by atoms with Crippen molar-refractivity contribution in [2.75, 3.05) is 51.8 Å². The van der Waals surface area contributed by atoms with Crippen LogP contribution in [0.2, 0.25) is 0 Å². The Morgan fingerprint density at radius 1 is 0.906 bits per heavy atom. The van der Waals surface area contributed by atoms with Crippen molar-refractivity contribution < 1.29 is 22.7 Å². The van der Waals surface area contributed by atoms with E-state index in [1.165, 1.54) is 4.31 Å². The van der Waals surface area contributed by atoms with E-state index in [4.69, 9.17) is 9.47 Å². The molecule has 9 heteroatoms. The lowest BCUT2D eigenvalue weighted by molar-refractivity contribution is -0.117. The molecule has 0 unspecified atom stereocenters. The molecule has 172 valence electrons. The van der Waals surface area contributed by atoms with Crippen LogP contribution in [0.3, 0.4) is 0 Å². The van der Waals surface area contributed by atoms with Gasteiger partial charge in [0.2, 0.25) is 15.9 Å². The van der Waals surface area contributed by atoms with Gasteiger partial charge >= 0.3 is 0 Å². The molecule has 0 atom stereocenters. The molecule has 32 heavy (non-hydrogen) atoms. The SMILES string of the molecule is COc1ccc(CN2CCN(S(=O)(=O)c3ccc(N4CCCC4=O)cc3)CC2)c(OC)c1. The zero-order chi connectivity index (χ0) is 22.7. The maximum atomic E-state index is 13.1. The van der Waals surface area contributed by atoms with Gasteiger partial charge < -0.3 is 14.4 Å². The number of hydrogen-bond acceptors (Lipinski definition) is 6. The average Bonchev–Trinajstić information content (AvgIpc) is 3.25. The molecule has 8 nitrogen and oxygen atoms in total. The van der Waals surface area contributed by atoms with Crippen molar-refractivity contribution in [3.63, 3.8) is 0 Å². The molecule has 2 aromatic carbocycles. The lowest BCUT2D eigenvalue weighted by Gasteiger charge is -2.34. The summed E-state index contributed by atoms with van der Waals surface area (Å²) in [6.07, 6.45) is 1.39. The highest BCUT2D eigenvalue weighted by molar-refractivity contribution is 7.89. The predicted octanol–water partition coefficient (Wildman–Crippen LogP) is 2.34. The van der Waals surface area contributed by atoms with Crippen molar-refractivity contribution in [2.45, 2.75) is 24.3 Å². The van der Waals surface area contributed by atoms with Crippen LogP contribution in [-0.2, 0) is 21.4 Å². The first-order valence-corrected chi connectivity index (χ1v) is 12.2. The fourth-order valence-electron chi connectivity index (χ4n) is 4.22. The Balaban J connectivity index is 1.38.